The molecule has 0 bridgehead atoms. The molecule has 0 aromatic heterocycles. The Morgan fingerprint density at radius 1 is 1.08 bits per heavy atom. The monoisotopic (exact) mass is 374 g/mol. The minimum Gasteiger partial charge on any atom is -0.345 e. The lowest BCUT2D eigenvalue weighted by atomic mass is 9.98. The van der Waals surface area contributed by atoms with Crippen LogP contribution in [0.4, 0.5) is 5.69 Å². The van der Waals surface area contributed by atoms with Gasteiger partial charge in [0.25, 0.3) is 5.91 Å². The van der Waals surface area contributed by atoms with E-state index in [1.165, 1.54) is 11.1 Å². The lowest BCUT2D eigenvalue weighted by Gasteiger charge is -2.20. The first kappa shape index (κ1) is 20.0. The molecule has 0 fully saturated rings. The molecule has 5 nitrogen and oxygen atoms in total. The molecule has 0 radical (unpaired) electrons. The molecule has 1 atom stereocenters. The van der Waals surface area contributed by atoms with E-state index in [9.17, 15) is 13.2 Å². The van der Waals surface area contributed by atoms with Crippen LogP contribution in [0, 0.1) is 20.8 Å². The third-order valence-electron chi connectivity index (χ3n) is 4.52. The van der Waals surface area contributed by atoms with Crippen LogP contribution in [0.2, 0.25) is 0 Å². The molecule has 0 saturated heterocycles. The predicted molar refractivity (Wildman–Crippen MR) is 106 cm³/mol. The Bertz CT molecular complexity index is 921. The molecule has 2 aromatic carbocycles. The average Bonchev–Trinajstić information content (AvgIpc) is 2.55. The van der Waals surface area contributed by atoms with Crippen LogP contribution >= 0.6 is 0 Å². The van der Waals surface area contributed by atoms with Crippen LogP contribution in [0.3, 0.4) is 0 Å². The first-order valence-electron chi connectivity index (χ1n) is 8.57. The van der Waals surface area contributed by atoms with Gasteiger partial charge in [-0.1, -0.05) is 31.2 Å². The van der Waals surface area contributed by atoms with Crippen molar-refractivity contribution in [3.8, 4) is 0 Å². The summed E-state index contributed by atoms with van der Waals surface area (Å²) in [7, 11) is -3.40. The minimum atomic E-state index is -3.40. The number of amides is 1. The van der Waals surface area contributed by atoms with E-state index in [1.54, 1.807) is 25.1 Å². The van der Waals surface area contributed by atoms with Crippen molar-refractivity contribution in [3.05, 3.63) is 64.2 Å². The zero-order valence-electron chi connectivity index (χ0n) is 15.9. The topological polar surface area (TPSA) is 75.3 Å². The quantitative estimate of drug-likeness (QED) is 0.806. The van der Waals surface area contributed by atoms with E-state index in [4.69, 9.17) is 0 Å². The molecule has 0 spiro atoms. The summed E-state index contributed by atoms with van der Waals surface area (Å²) in [4.78, 5) is 12.8. The maximum atomic E-state index is 12.8. The van der Waals surface area contributed by atoms with Crippen LogP contribution in [0.25, 0.3) is 0 Å². The van der Waals surface area contributed by atoms with Gasteiger partial charge in [-0.3, -0.25) is 9.52 Å². The van der Waals surface area contributed by atoms with Gasteiger partial charge < -0.3 is 5.32 Å². The van der Waals surface area contributed by atoms with Gasteiger partial charge in [-0.25, -0.2) is 8.42 Å². The molecule has 0 aliphatic rings. The molecule has 0 aliphatic heterocycles. The highest BCUT2D eigenvalue weighted by atomic mass is 32.2. The highest BCUT2D eigenvalue weighted by molar-refractivity contribution is 7.92. The number of hydrogen-bond acceptors (Lipinski definition) is 3. The van der Waals surface area contributed by atoms with Gasteiger partial charge in [0.15, 0.2) is 0 Å². The van der Waals surface area contributed by atoms with E-state index in [-0.39, 0.29) is 11.9 Å². The number of hydrogen-bond donors (Lipinski definition) is 2. The second-order valence-electron chi connectivity index (χ2n) is 6.63. The number of sulfonamides is 1. The van der Waals surface area contributed by atoms with Gasteiger partial charge >= 0.3 is 0 Å². The molecular weight excluding hydrogens is 348 g/mol. The molecule has 1 amide bonds. The van der Waals surface area contributed by atoms with Crippen LogP contribution in [-0.2, 0) is 10.0 Å². The predicted octanol–water partition coefficient (Wildman–Crippen LogP) is 3.86. The van der Waals surface area contributed by atoms with Crippen molar-refractivity contribution in [1.29, 1.82) is 0 Å². The number of carbonyl (C=O) groups excluding carboxylic acids is 1. The number of nitrogens with one attached hydrogen (secondary N) is 2. The Labute approximate surface area is 155 Å². The van der Waals surface area contributed by atoms with Gasteiger partial charge in [0.2, 0.25) is 10.0 Å². The second kappa shape index (κ2) is 7.91. The van der Waals surface area contributed by atoms with E-state index in [0.717, 1.165) is 18.2 Å². The molecule has 0 saturated carbocycles. The third-order valence-corrected chi connectivity index (χ3v) is 5.11. The molecule has 140 valence electrons. The van der Waals surface area contributed by atoms with Crippen molar-refractivity contribution >= 4 is 21.6 Å². The van der Waals surface area contributed by atoms with E-state index < -0.39 is 10.0 Å². The zero-order chi connectivity index (χ0) is 19.5. The largest absolute Gasteiger partial charge is 0.345 e. The van der Waals surface area contributed by atoms with Gasteiger partial charge in [0.1, 0.15) is 0 Å². The summed E-state index contributed by atoms with van der Waals surface area (Å²) in [5, 5.41) is 3.06. The molecule has 2 aromatic rings. The van der Waals surface area contributed by atoms with Crippen molar-refractivity contribution in [2.24, 2.45) is 0 Å². The van der Waals surface area contributed by atoms with E-state index in [2.05, 4.69) is 36.0 Å². The maximum absolute atomic E-state index is 12.8. The fourth-order valence-corrected chi connectivity index (χ4v) is 3.45. The van der Waals surface area contributed by atoms with Gasteiger partial charge in [0, 0.05) is 5.56 Å². The van der Waals surface area contributed by atoms with Crippen LogP contribution < -0.4 is 10.0 Å². The number of anilines is 1. The first-order chi connectivity index (χ1) is 12.1. The van der Waals surface area contributed by atoms with Crippen molar-refractivity contribution in [2.75, 3.05) is 11.0 Å². The Balaban J connectivity index is 2.28. The molecule has 0 aliphatic carbocycles. The zero-order valence-corrected chi connectivity index (χ0v) is 16.7. The Hall–Kier alpha value is -2.34. The molecule has 6 heteroatoms. The van der Waals surface area contributed by atoms with Crippen LogP contribution in [0.15, 0.2) is 36.4 Å². The van der Waals surface area contributed by atoms with Crippen LogP contribution in [0.5, 0.6) is 0 Å². The van der Waals surface area contributed by atoms with Crippen molar-refractivity contribution in [3.63, 3.8) is 0 Å². The van der Waals surface area contributed by atoms with E-state index in [0.29, 0.717) is 16.8 Å². The lowest BCUT2D eigenvalue weighted by molar-refractivity contribution is 0.0935. The normalized spacial score (nSPS) is 12.5. The number of carbonyl (C=O) groups is 1. The van der Waals surface area contributed by atoms with Crippen molar-refractivity contribution in [2.45, 2.75) is 40.2 Å². The standard InChI is InChI=1S/C20H26N2O3S/c1-6-18(16-11-10-13(2)14(3)12-16)21-20(23)17-8-7-9-19(15(17)4)22-26(5,24)25/h7-12,18,22H,6H2,1-5H3,(H,21,23). The van der Waals surface area contributed by atoms with Crippen molar-refractivity contribution < 1.29 is 13.2 Å². The summed E-state index contributed by atoms with van der Waals surface area (Å²) in [5.74, 6) is -0.218. The summed E-state index contributed by atoms with van der Waals surface area (Å²) in [6.45, 7) is 7.87. The number of rotatable bonds is 6. The number of benzene rings is 2. The molecule has 0 heterocycles. The Morgan fingerprint density at radius 3 is 2.35 bits per heavy atom. The van der Waals surface area contributed by atoms with E-state index in [1.807, 2.05) is 13.0 Å². The molecule has 26 heavy (non-hydrogen) atoms. The van der Waals surface area contributed by atoms with Gasteiger partial charge in [-0.2, -0.15) is 0 Å². The smallest absolute Gasteiger partial charge is 0.252 e. The first-order valence-corrected chi connectivity index (χ1v) is 10.5. The van der Waals surface area contributed by atoms with Crippen molar-refractivity contribution in [1.82, 2.24) is 5.32 Å². The fourth-order valence-electron chi connectivity index (χ4n) is 2.83. The highest BCUT2D eigenvalue weighted by Crippen LogP contribution is 2.23. The molecule has 2 N–H and O–H groups in total. The van der Waals surface area contributed by atoms with Crippen LogP contribution in [0.1, 0.15) is 52.0 Å². The SMILES string of the molecule is CCC(NC(=O)c1cccc(NS(C)(=O)=O)c1C)c1ccc(C)c(C)c1. The van der Waals surface area contributed by atoms with Crippen LogP contribution in [-0.4, -0.2) is 20.6 Å². The Morgan fingerprint density at radius 2 is 1.77 bits per heavy atom. The van der Waals surface area contributed by atoms with E-state index >= 15 is 0 Å². The maximum Gasteiger partial charge on any atom is 0.252 e. The number of aryl methyl sites for hydroxylation is 2. The second-order valence-corrected chi connectivity index (χ2v) is 8.38. The fraction of sp³-hybridized carbons (Fsp3) is 0.350. The molecule has 1 unspecified atom stereocenters. The molecular formula is C20H26N2O3S. The highest BCUT2D eigenvalue weighted by Gasteiger charge is 2.18. The third kappa shape index (κ3) is 4.85. The summed E-state index contributed by atoms with van der Waals surface area (Å²) in [6, 6.07) is 11.1. The lowest BCUT2D eigenvalue weighted by Crippen LogP contribution is -2.29. The molecule has 2 rings (SSSR count). The van der Waals surface area contributed by atoms with Gasteiger partial charge in [0.05, 0.1) is 18.0 Å². The summed E-state index contributed by atoms with van der Waals surface area (Å²) in [5.41, 5.74) is 4.94. The minimum absolute atomic E-state index is 0.104. The van der Waals surface area contributed by atoms with Gasteiger partial charge in [-0.15, -0.1) is 0 Å². The summed E-state index contributed by atoms with van der Waals surface area (Å²) < 4.78 is 25.4. The summed E-state index contributed by atoms with van der Waals surface area (Å²) in [6.07, 6.45) is 1.85. The van der Waals surface area contributed by atoms with Gasteiger partial charge in [-0.05, 0) is 61.6 Å². The summed E-state index contributed by atoms with van der Waals surface area (Å²) >= 11 is 0. The average molecular weight is 375 g/mol. The Kier molecular flexibility index (Phi) is 6.08.